The number of ketones is 1. The molecule has 138 valence electrons. The highest BCUT2D eigenvalue weighted by Gasteiger charge is 2.29. The Balaban J connectivity index is 1.67. The summed E-state index contributed by atoms with van der Waals surface area (Å²) < 4.78 is 1.72. The molecule has 0 N–H and O–H groups in total. The molecule has 2 aromatic heterocycles. The highest BCUT2D eigenvalue weighted by Crippen LogP contribution is 2.22. The number of piperidine rings is 1. The van der Waals surface area contributed by atoms with E-state index in [4.69, 9.17) is 0 Å². The molecule has 0 aromatic carbocycles. The van der Waals surface area contributed by atoms with Gasteiger partial charge in [-0.3, -0.25) is 19.3 Å². The van der Waals surface area contributed by atoms with E-state index in [0.717, 1.165) is 24.1 Å². The van der Waals surface area contributed by atoms with Crippen LogP contribution in [0, 0.1) is 11.8 Å². The predicted octanol–water partition coefficient (Wildman–Crippen LogP) is 2.95. The van der Waals surface area contributed by atoms with Gasteiger partial charge in [0.1, 0.15) is 5.78 Å². The quantitative estimate of drug-likeness (QED) is 0.828. The maximum atomic E-state index is 12.8. The van der Waals surface area contributed by atoms with Crippen LogP contribution in [0.3, 0.4) is 0 Å². The number of nitrogens with zero attached hydrogens (tertiary/aromatic N) is 4. The van der Waals surface area contributed by atoms with E-state index in [2.05, 4.69) is 23.9 Å². The predicted molar refractivity (Wildman–Crippen MR) is 99.5 cm³/mol. The van der Waals surface area contributed by atoms with Crippen molar-refractivity contribution >= 4 is 11.7 Å². The molecule has 1 aliphatic heterocycles. The van der Waals surface area contributed by atoms with Crippen molar-refractivity contribution in [3.05, 3.63) is 36.3 Å². The first-order valence-corrected chi connectivity index (χ1v) is 9.21. The van der Waals surface area contributed by atoms with Crippen LogP contribution in [0.4, 0.5) is 0 Å². The van der Waals surface area contributed by atoms with Gasteiger partial charge in [-0.2, -0.15) is 5.10 Å². The summed E-state index contributed by atoms with van der Waals surface area (Å²) in [5.74, 6) is 0.565. The van der Waals surface area contributed by atoms with Crippen molar-refractivity contribution in [1.29, 1.82) is 0 Å². The minimum absolute atomic E-state index is 0.0299. The fraction of sp³-hybridized carbons (Fsp3) is 0.500. The Morgan fingerprint density at radius 2 is 2.08 bits per heavy atom. The largest absolute Gasteiger partial charge is 0.338 e. The highest BCUT2D eigenvalue weighted by molar-refractivity contribution is 5.94. The monoisotopic (exact) mass is 354 g/mol. The Labute approximate surface area is 154 Å². The SMILES string of the molecule is CC(C)CC(=O)[C@@H]1CCCN(C(=O)c2ccc(-c3cnn(C)c3)nc2)C1. The van der Waals surface area contributed by atoms with E-state index in [1.807, 2.05) is 19.3 Å². The molecule has 0 saturated carbocycles. The molecule has 1 atom stereocenters. The number of amides is 1. The molecule has 1 aliphatic rings. The van der Waals surface area contributed by atoms with Gasteiger partial charge < -0.3 is 4.90 Å². The van der Waals surface area contributed by atoms with Crippen LogP contribution in [0.1, 0.15) is 43.5 Å². The van der Waals surface area contributed by atoms with Gasteiger partial charge in [-0.1, -0.05) is 13.8 Å². The lowest BCUT2D eigenvalue weighted by Crippen LogP contribution is -2.42. The zero-order valence-electron chi connectivity index (χ0n) is 15.7. The van der Waals surface area contributed by atoms with Crippen molar-refractivity contribution in [2.45, 2.75) is 33.1 Å². The highest BCUT2D eigenvalue weighted by atomic mass is 16.2. The second-order valence-corrected chi connectivity index (χ2v) is 7.49. The number of carbonyl (C=O) groups is 2. The van der Waals surface area contributed by atoms with Crippen molar-refractivity contribution in [2.75, 3.05) is 13.1 Å². The molecule has 6 nitrogen and oxygen atoms in total. The number of carbonyl (C=O) groups excluding carboxylic acids is 2. The maximum absolute atomic E-state index is 12.8. The van der Waals surface area contributed by atoms with Crippen LogP contribution < -0.4 is 0 Å². The summed E-state index contributed by atoms with van der Waals surface area (Å²) >= 11 is 0. The van der Waals surface area contributed by atoms with Gasteiger partial charge in [-0.05, 0) is 30.9 Å². The summed E-state index contributed by atoms with van der Waals surface area (Å²) in [6.45, 7) is 5.33. The van der Waals surface area contributed by atoms with E-state index in [0.29, 0.717) is 31.0 Å². The van der Waals surface area contributed by atoms with Crippen LogP contribution in [-0.2, 0) is 11.8 Å². The second-order valence-electron chi connectivity index (χ2n) is 7.49. The van der Waals surface area contributed by atoms with Crippen LogP contribution in [0.15, 0.2) is 30.7 Å². The van der Waals surface area contributed by atoms with Crippen LogP contribution in [-0.4, -0.2) is 44.4 Å². The Kier molecular flexibility index (Phi) is 5.49. The molecule has 0 unspecified atom stereocenters. The molecular formula is C20H26N4O2. The molecular weight excluding hydrogens is 328 g/mol. The minimum Gasteiger partial charge on any atom is -0.338 e. The zero-order valence-corrected chi connectivity index (χ0v) is 15.7. The summed E-state index contributed by atoms with van der Waals surface area (Å²) in [4.78, 5) is 31.4. The Morgan fingerprint density at radius 3 is 2.69 bits per heavy atom. The number of likely N-dealkylation sites (tertiary alicyclic amines) is 1. The van der Waals surface area contributed by atoms with Gasteiger partial charge >= 0.3 is 0 Å². The zero-order chi connectivity index (χ0) is 18.7. The fourth-order valence-electron chi connectivity index (χ4n) is 3.42. The standard InChI is InChI=1S/C20H26N4O2/c1-14(2)9-19(25)16-5-4-8-24(13-16)20(26)15-6-7-18(21-10-15)17-11-22-23(3)12-17/h6-7,10-12,14,16H,4-5,8-9,13H2,1-3H3/t16-/m1/s1. The lowest BCUT2D eigenvalue weighted by molar-refractivity contribution is -0.124. The first-order valence-electron chi connectivity index (χ1n) is 9.21. The van der Waals surface area contributed by atoms with Crippen molar-refractivity contribution in [2.24, 2.45) is 18.9 Å². The number of aromatic nitrogens is 3. The molecule has 2 aromatic rings. The van der Waals surface area contributed by atoms with Crippen molar-refractivity contribution in [3.8, 4) is 11.3 Å². The summed E-state index contributed by atoms with van der Waals surface area (Å²) in [5, 5.41) is 4.14. The molecule has 0 bridgehead atoms. The molecule has 0 spiro atoms. The van der Waals surface area contributed by atoms with E-state index in [9.17, 15) is 9.59 Å². The number of hydrogen-bond donors (Lipinski definition) is 0. The average molecular weight is 354 g/mol. The summed E-state index contributed by atoms with van der Waals surface area (Å²) in [6.07, 6.45) is 7.60. The number of pyridine rings is 1. The first kappa shape index (κ1) is 18.3. The van der Waals surface area contributed by atoms with E-state index in [1.54, 1.807) is 28.0 Å². The third kappa shape index (κ3) is 4.18. The smallest absolute Gasteiger partial charge is 0.255 e. The van der Waals surface area contributed by atoms with Crippen molar-refractivity contribution in [1.82, 2.24) is 19.7 Å². The van der Waals surface area contributed by atoms with Crippen molar-refractivity contribution < 1.29 is 9.59 Å². The maximum Gasteiger partial charge on any atom is 0.255 e. The van der Waals surface area contributed by atoms with E-state index >= 15 is 0 Å². The normalized spacial score (nSPS) is 17.5. The molecule has 1 fully saturated rings. The van der Waals surface area contributed by atoms with Crippen molar-refractivity contribution in [3.63, 3.8) is 0 Å². The number of Topliss-reactive ketones (excluding diaryl/α,β-unsaturated/α-hetero) is 1. The molecule has 3 rings (SSSR count). The van der Waals surface area contributed by atoms with Crippen LogP contribution in [0.25, 0.3) is 11.3 Å². The molecule has 1 saturated heterocycles. The fourth-order valence-corrected chi connectivity index (χ4v) is 3.42. The summed E-state index contributed by atoms with van der Waals surface area (Å²) in [7, 11) is 1.86. The van der Waals surface area contributed by atoms with Gasteiger partial charge in [0, 0.05) is 50.4 Å². The number of rotatable bonds is 5. The van der Waals surface area contributed by atoms with Crippen LogP contribution in [0.5, 0.6) is 0 Å². The van der Waals surface area contributed by atoms with Gasteiger partial charge in [-0.15, -0.1) is 0 Å². The van der Waals surface area contributed by atoms with Gasteiger partial charge in [0.2, 0.25) is 0 Å². The van der Waals surface area contributed by atoms with Gasteiger partial charge in [0.25, 0.3) is 5.91 Å². The molecule has 0 radical (unpaired) electrons. The van der Waals surface area contributed by atoms with Gasteiger partial charge in [0.05, 0.1) is 17.5 Å². The van der Waals surface area contributed by atoms with Gasteiger partial charge in [0.15, 0.2) is 0 Å². The molecule has 6 heteroatoms. The minimum atomic E-state index is -0.0442. The third-order valence-electron chi connectivity index (χ3n) is 4.78. The Morgan fingerprint density at radius 1 is 1.27 bits per heavy atom. The molecule has 0 aliphatic carbocycles. The average Bonchev–Trinajstić information content (AvgIpc) is 3.07. The third-order valence-corrected chi connectivity index (χ3v) is 4.78. The lowest BCUT2D eigenvalue weighted by Gasteiger charge is -2.32. The number of aryl methyl sites for hydroxylation is 1. The molecule has 26 heavy (non-hydrogen) atoms. The molecule has 1 amide bonds. The van der Waals surface area contributed by atoms with E-state index in [1.165, 1.54) is 0 Å². The van der Waals surface area contributed by atoms with E-state index in [-0.39, 0.29) is 17.6 Å². The van der Waals surface area contributed by atoms with E-state index < -0.39 is 0 Å². The van der Waals surface area contributed by atoms with Crippen LogP contribution >= 0.6 is 0 Å². The first-order chi connectivity index (χ1) is 12.4. The van der Waals surface area contributed by atoms with Gasteiger partial charge in [-0.25, -0.2) is 0 Å². The topological polar surface area (TPSA) is 68.1 Å². The van der Waals surface area contributed by atoms with Crippen LogP contribution in [0.2, 0.25) is 0 Å². The molecule has 3 heterocycles. The number of hydrogen-bond acceptors (Lipinski definition) is 4. The summed E-state index contributed by atoms with van der Waals surface area (Å²) in [6, 6.07) is 3.65. The lowest BCUT2D eigenvalue weighted by atomic mass is 9.89. The second kappa shape index (κ2) is 7.81. The Bertz CT molecular complexity index is 779. The summed E-state index contributed by atoms with van der Waals surface area (Å²) in [5.41, 5.74) is 2.27. The Hall–Kier alpha value is -2.50.